The van der Waals surface area contributed by atoms with Gasteiger partial charge in [-0.25, -0.2) is 4.68 Å². The lowest BCUT2D eigenvalue weighted by atomic mass is 9.76. The van der Waals surface area contributed by atoms with Crippen molar-refractivity contribution in [2.24, 2.45) is 0 Å². The molecule has 106 valence electrons. The van der Waals surface area contributed by atoms with E-state index in [1.165, 1.54) is 6.42 Å². The fourth-order valence-corrected chi connectivity index (χ4v) is 3.06. The van der Waals surface area contributed by atoms with E-state index in [0.29, 0.717) is 5.69 Å². The van der Waals surface area contributed by atoms with Gasteiger partial charge in [-0.3, -0.25) is 9.69 Å². The fourth-order valence-electron chi connectivity index (χ4n) is 3.06. The molecule has 2 rings (SSSR count). The molecular formula is C14H24N4O. The van der Waals surface area contributed by atoms with Crippen LogP contribution in [0.3, 0.4) is 0 Å². The quantitative estimate of drug-likeness (QED) is 0.765. The van der Waals surface area contributed by atoms with Gasteiger partial charge in [-0.2, -0.15) is 0 Å². The van der Waals surface area contributed by atoms with Crippen LogP contribution >= 0.6 is 0 Å². The Morgan fingerprint density at radius 1 is 1.37 bits per heavy atom. The Balaban J connectivity index is 2.31. The van der Waals surface area contributed by atoms with Crippen molar-refractivity contribution < 1.29 is 4.79 Å². The van der Waals surface area contributed by atoms with Crippen LogP contribution < -0.4 is 0 Å². The molecule has 0 amide bonds. The van der Waals surface area contributed by atoms with Crippen molar-refractivity contribution in [1.82, 2.24) is 19.9 Å². The van der Waals surface area contributed by atoms with Crippen molar-refractivity contribution >= 4 is 5.78 Å². The van der Waals surface area contributed by atoms with Crippen LogP contribution in [0.25, 0.3) is 0 Å². The van der Waals surface area contributed by atoms with Crippen molar-refractivity contribution in [2.75, 3.05) is 14.1 Å². The molecule has 0 saturated heterocycles. The molecule has 1 fully saturated rings. The minimum Gasteiger partial charge on any atom is -0.297 e. The summed E-state index contributed by atoms with van der Waals surface area (Å²) in [6.07, 6.45) is 7.94. The molecule has 1 saturated carbocycles. The molecule has 0 bridgehead atoms. The van der Waals surface area contributed by atoms with Crippen LogP contribution in [0.4, 0.5) is 0 Å². The monoisotopic (exact) mass is 264 g/mol. The number of rotatable bonds is 5. The lowest BCUT2D eigenvalue weighted by molar-refractivity contribution is 0.0552. The number of hydrogen-bond acceptors (Lipinski definition) is 4. The van der Waals surface area contributed by atoms with E-state index in [4.69, 9.17) is 0 Å². The molecule has 5 nitrogen and oxygen atoms in total. The van der Waals surface area contributed by atoms with Crippen LogP contribution in [0.2, 0.25) is 0 Å². The highest BCUT2D eigenvalue weighted by atomic mass is 16.1. The SMILES string of the molecule is CCCn1nncc1C(=O)C1(N(C)C)CCCCC1. The lowest BCUT2D eigenvalue weighted by Crippen LogP contribution is -2.52. The van der Waals surface area contributed by atoms with Gasteiger partial charge >= 0.3 is 0 Å². The van der Waals surface area contributed by atoms with Gasteiger partial charge in [0.1, 0.15) is 5.69 Å². The van der Waals surface area contributed by atoms with E-state index >= 15 is 0 Å². The van der Waals surface area contributed by atoms with Crippen molar-refractivity contribution in [3.8, 4) is 0 Å². The maximum Gasteiger partial charge on any atom is 0.202 e. The normalized spacial score (nSPS) is 18.7. The van der Waals surface area contributed by atoms with Gasteiger partial charge in [0.05, 0.1) is 11.7 Å². The Kier molecular flexibility index (Phi) is 4.34. The highest BCUT2D eigenvalue weighted by Gasteiger charge is 2.43. The molecule has 1 aromatic rings. The Labute approximate surface area is 115 Å². The summed E-state index contributed by atoms with van der Waals surface area (Å²) in [5, 5.41) is 7.96. The zero-order chi connectivity index (χ0) is 13.9. The summed E-state index contributed by atoms with van der Waals surface area (Å²) in [4.78, 5) is 15.1. The summed E-state index contributed by atoms with van der Waals surface area (Å²) in [6, 6.07) is 0. The summed E-state index contributed by atoms with van der Waals surface area (Å²) < 4.78 is 1.75. The van der Waals surface area contributed by atoms with E-state index in [1.807, 2.05) is 14.1 Å². The summed E-state index contributed by atoms with van der Waals surface area (Å²) in [6.45, 7) is 2.84. The molecule has 1 aliphatic carbocycles. The third-order valence-electron chi connectivity index (χ3n) is 4.25. The zero-order valence-electron chi connectivity index (χ0n) is 12.2. The number of aromatic nitrogens is 3. The van der Waals surface area contributed by atoms with Crippen LogP contribution in [-0.2, 0) is 6.54 Å². The molecule has 0 N–H and O–H groups in total. The van der Waals surface area contributed by atoms with Crippen LogP contribution in [0.5, 0.6) is 0 Å². The fraction of sp³-hybridized carbons (Fsp3) is 0.786. The van der Waals surface area contributed by atoms with Gasteiger partial charge in [0.2, 0.25) is 5.78 Å². The molecule has 0 aromatic carbocycles. The van der Waals surface area contributed by atoms with E-state index in [2.05, 4.69) is 22.1 Å². The second-order valence-electron chi connectivity index (χ2n) is 5.66. The van der Waals surface area contributed by atoms with Gasteiger partial charge in [-0.1, -0.05) is 31.4 Å². The first-order valence-electron chi connectivity index (χ1n) is 7.22. The maximum atomic E-state index is 13.0. The number of likely N-dealkylation sites (N-methyl/N-ethyl adjacent to an activating group) is 1. The minimum absolute atomic E-state index is 0.190. The topological polar surface area (TPSA) is 51.0 Å². The number of hydrogen-bond donors (Lipinski definition) is 0. The van der Waals surface area contributed by atoms with Crippen LogP contribution in [-0.4, -0.2) is 45.3 Å². The summed E-state index contributed by atoms with van der Waals surface area (Å²) in [7, 11) is 4.02. The van der Waals surface area contributed by atoms with E-state index < -0.39 is 0 Å². The second-order valence-corrected chi connectivity index (χ2v) is 5.66. The third-order valence-corrected chi connectivity index (χ3v) is 4.25. The van der Waals surface area contributed by atoms with E-state index in [-0.39, 0.29) is 11.3 Å². The molecule has 19 heavy (non-hydrogen) atoms. The van der Waals surface area contributed by atoms with Crippen molar-refractivity contribution in [3.05, 3.63) is 11.9 Å². The molecule has 1 heterocycles. The highest BCUT2D eigenvalue weighted by molar-refractivity contribution is 6.01. The molecule has 0 radical (unpaired) electrons. The predicted octanol–water partition coefficient (Wildman–Crippen LogP) is 2.14. The van der Waals surface area contributed by atoms with Gasteiger partial charge in [0, 0.05) is 6.54 Å². The van der Waals surface area contributed by atoms with Gasteiger partial charge in [-0.15, -0.1) is 5.10 Å². The standard InChI is InChI=1S/C14H24N4O/c1-4-10-18-12(11-15-16-18)13(19)14(17(2)3)8-6-5-7-9-14/h11H,4-10H2,1-3H3. The van der Waals surface area contributed by atoms with Gasteiger partial charge < -0.3 is 0 Å². The maximum absolute atomic E-state index is 13.0. The third kappa shape index (κ3) is 2.56. The molecule has 5 heteroatoms. The smallest absolute Gasteiger partial charge is 0.202 e. The molecule has 0 aliphatic heterocycles. The van der Waals surface area contributed by atoms with Crippen molar-refractivity contribution in [3.63, 3.8) is 0 Å². The van der Waals surface area contributed by atoms with E-state index in [1.54, 1.807) is 10.9 Å². The molecule has 0 unspecified atom stereocenters. The number of carbonyl (C=O) groups excluding carboxylic acids is 1. The van der Waals surface area contributed by atoms with Crippen molar-refractivity contribution in [2.45, 2.75) is 57.5 Å². The Hall–Kier alpha value is -1.23. The Morgan fingerprint density at radius 2 is 2.05 bits per heavy atom. The molecule has 1 aromatic heterocycles. The Morgan fingerprint density at radius 3 is 2.63 bits per heavy atom. The largest absolute Gasteiger partial charge is 0.297 e. The number of Topliss-reactive ketones (excluding diaryl/α,β-unsaturated/α-hetero) is 1. The predicted molar refractivity (Wildman–Crippen MR) is 74.1 cm³/mol. The average Bonchev–Trinajstić information content (AvgIpc) is 2.87. The number of aryl methyl sites for hydroxylation is 1. The summed E-state index contributed by atoms with van der Waals surface area (Å²) in [5.41, 5.74) is 0.309. The molecular weight excluding hydrogens is 240 g/mol. The van der Waals surface area contributed by atoms with Gasteiger partial charge in [0.25, 0.3) is 0 Å². The lowest BCUT2D eigenvalue weighted by Gasteiger charge is -2.41. The average molecular weight is 264 g/mol. The summed E-state index contributed by atoms with van der Waals surface area (Å²) in [5.74, 6) is 0.190. The van der Waals surface area contributed by atoms with E-state index in [0.717, 1.165) is 38.6 Å². The first kappa shape index (κ1) is 14.2. The first-order valence-corrected chi connectivity index (χ1v) is 7.22. The highest BCUT2D eigenvalue weighted by Crippen LogP contribution is 2.35. The van der Waals surface area contributed by atoms with Crippen molar-refractivity contribution in [1.29, 1.82) is 0 Å². The van der Waals surface area contributed by atoms with Gasteiger partial charge in [-0.05, 0) is 33.4 Å². The van der Waals surface area contributed by atoms with Crippen LogP contribution in [0, 0.1) is 0 Å². The summed E-state index contributed by atoms with van der Waals surface area (Å²) >= 11 is 0. The second kappa shape index (κ2) is 5.82. The van der Waals surface area contributed by atoms with Gasteiger partial charge in [0.15, 0.2) is 0 Å². The molecule has 0 spiro atoms. The zero-order valence-corrected chi connectivity index (χ0v) is 12.2. The molecule has 0 atom stereocenters. The van der Waals surface area contributed by atoms with E-state index in [9.17, 15) is 4.79 Å². The first-order chi connectivity index (χ1) is 9.12. The minimum atomic E-state index is -0.356. The number of ketones is 1. The van der Waals surface area contributed by atoms with Crippen LogP contribution in [0.15, 0.2) is 6.20 Å². The number of nitrogens with zero attached hydrogens (tertiary/aromatic N) is 4. The van der Waals surface area contributed by atoms with Crippen LogP contribution in [0.1, 0.15) is 55.9 Å². The Bertz CT molecular complexity index is 432. The molecule has 1 aliphatic rings. The number of carbonyl (C=O) groups is 1.